The normalized spacial score (nSPS) is 18.9. The first-order valence-electron chi connectivity index (χ1n) is 14.4. The largest absolute Gasteiger partial charge is 0.356 e. The molecule has 0 bridgehead atoms. The number of nitrogens with zero attached hydrogens (tertiary/aromatic N) is 1. The summed E-state index contributed by atoms with van der Waals surface area (Å²) in [5, 5.41) is 6.04. The number of nitrogens with one attached hydrogen (secondary N) is 2. The number of nitrogens with two attached hydrogens (primary N) is 1. The molecule has 3 amide bonds. The number of carbonyl (C=O) groups is 3. The second-order valence-corrected chi connectivity index (χ2v) is 11.9. The lowest BCUT2D eigenvalue weighted by atomic mass is 9.73. The van der Waals surface area contributed by atoms with Crippen molar-refractivity contribution in [2.75, 3.05) is 19.6 Å². The Morgan fingerprint density at radius 2 is 1.72 bits per heavy atom. The van der Waals surface area contributed by atoms with E-state index in [-0.39, 0.29) is 29.1 Å². The molecule has 1 heterocycles. The minimum Gasteiger partial charge on any atom is -0.356 e. The van der Waals surface area contributed by atoms with Gasteiger partial charge in [0.1, 0.15) is 6.04 Å². The summed E-state index contributed by atoms with van der Waals surface area (Å²) in [7, 11) is 0. The molecule has 0 aromatic heterocycles. The minimum absolute atomic E-state index is 0.0426. The Bertz CT molecular complexity index is 1150. The van der Waals surface area contributed by atoms with Gasteiger partial charge in [0.15, 0.2) is 0 Å². The van der Waals surface area contributed by atoms with Crippen LogP contribution in [-0.4, -0.2) is 53.8 Å². The maximum atomic E-state index is 13.7. The van der Waals surface area contributed by atoms with Crippen molar-refractivity contribution in [3.63, 3.8) is 0 Å². The van der Waals surface area contributed by atoms with Crippen molar-refractivity contribution < 1.29 is 14.4 Å². The number of benzene rings is 2. The topological polar surface area (TPSA) is 105 Å². The summed E-state index contributed by atoms with van der Waals surface area (Å²) < 4.78 is 0. The Hall–Kier alpha value is -3.19. The molecule has 0 radical (unpaired) electrons. The van der Waals surface area contributed by atoms with Crippen LogP contribution in [0, 0.1) is 0 Å². The van der Waals surface area contributed by atoms with Gasteiger partial charge < -0.3 is 21.3 Å². The second kappa shape index (κ2) is 12.3. The van der Waals surface area contributed by atoms with E-state index in [0.29, 0.717) is 26.1 Å². The van der Waals surface area contributed by atoms with Gasteiger partial charge in [-0.05, 0) is 75.5 Å². The molecule has 4 rings (SSSR count). The average molecular weight is 533 g/mol. The fraction of sp³-hybridized carbons (Fsp3) is 0.531. The van der Waals surface area contributed by atoms with E-state index >= 15 is 0 Å². The van der Waals surface area contributed by atoms with Gasteiger partial charge in [-0.15, -0.1) is 0 Å². The second-order valence-electron chi connectivity index (χ2n) is 11.9. The third-order valence-electron chi connectivity index (χ3n) is 8.39. The number of aryl methyl sites for hydroxylation is 1. The zero-order valence-corrected chi connectivity index (χ0v) is 23.7. The Morgan fingerprint density at radius 1 is 1.05 bits per heavy atom. The van der Waals surface area contributed by atoms with Gasteiger partial charge in [-0.3, -0.25) is 14.4 Å². The number of amides is 3. The molecule has 7 nitrogen and oxygen atoms in total. The maximum Gasteiger partial charge on any atom is 0.245 e. The number of rotatable bonds is 10. The fourth-order valence-corrected chi connectivity index (χ4v) is 6.11. The first-order valence-corrected chi connectivity index (χ1v) is 14.4. The van der Waals surface area contributed by atoms with Crippen LogP contribution in [0.3, 0.4) is 0 Å². The zero-order chi connectivity index (χ0) is 28.0. The fourth-order valence-electron chi connectivity index (χ4n) is 6.11. The van der Waals surface area contributed by atoms with Crippen molar-refractivity contribution in [1.82, 2.24) is 15.5 Å². The highest BCUT2D eigenvalue weighted by Gasteiger charge is 2.48. The first-order chi connectivity index (χ1) is 18.6. The Morgan fingerprint density at radius 3 is 2.38 bits per heavy atom. The van der Waals surface area contributed by atoms with Crippen molar-refractivity contribution in [2.45, 2.75) is 88.6 Å². The molecule has 210 valence electrons. The van der Waals surface area contributed by atoms with Gasteiger partial charge in [0, 0.05) is 25.0 Å². The van der Waals surface area contributed by atoms with Gasteiger partial charge in [0.05, 0.1) is 11.5 Å². The molecule has 7 heteroatoms. The summed E-state index contributed by atoms with van der Waals surface area (Å²) in [5.74, 6) is -0.407. The van der Waals surface area contributed by atoms with E-state index in [0.717, 1.165) is 44.1 Å². The molecule has 39 heavy (non-hydrogen) atoms. The SMILES string of the molecule is CCCNC(=O)[C@@H]1CC2(CCN(C(=O)[C@@H](CCCc3ccccc3)NC(=O)C(C)(C)N)CC2)c2ccccc21. The lowest BCUT2D eigenvalue weighted by Crippen LogP contribution is -2.57. The van der Waals surface area contributed by atoms with E-state index in [9.17, 15) is 14.4 Å². The molecule has 0 saturated carbocycles. The molecule has 1 aliphatic heterocycles. The highest BCUT2D eigenvalue weighted by atomic mass is 16.2. The summed E-state index contributed by atoms with van der Waals surface area (Å²) >= 11 is 0. The van der Waals surface area contributed by atoms with Gasteiger partial charge in [0.2, 0.25) is 17.7 Å². The summed E-state index contributed by atoms with van der Waals surface area (Å²) in [5.41, 5.74) is 8.48. The van der Waals surface area contributed by atoms with Gasteiger partial charge in [0.25, 0.3) is 0 Å². The van der Waals surface area contributed by atoms with Crippen LogP contribution in [0.2, 0.25) is 0 Å². The highest BCUT2D eigenvalue weighted by Crippen LogP contribution is 2.51. The molecule has 2 aliphatic rings. The number of carbonyl (C=O) groups excluding carboxylic acids is 3. The van der Waals surface area contributed by atoms with Crippen molar-refractivity contribution >= 4 is 17.7 Å². The van der Waals surface area contributed by atoms with Gasteiger partial charge in [-0.1, -0.05) is 61.5 Å². The van der Waals surface area contributed by atoms with E-state index in [2.05, 4.69) is 47.9 Å². The Labute approximate surface area is 232 Å². The predicted molar refractivity (Wildman–Crippen MR) is 154 cm³/mol. The van der Waals surface area contributed by atoms with Crippen LogP contribution in [0.15, 0.2) is 54.6 Å². The van der Waals surface area contributed by atoms with E-state index in [1.807, 2.05) is 29.2 Å². The number of piperidine rings is 1. The molecule has 1 saturated heterocycles. The van der Waals surface area contributed by atoms with Crippen LogP contribution < -0.4 is 16.4 Å². The Kier molecular flexibility index (Phi) is 9.11. The van der Waals surface area contributed by atoms with E-state index in [1.165, 1.54) is 11.1 Å². The quantitative estimate of drug-likeness (QED) is 0.433. The summed E-state index contributed by atoms with van der Waals surface area (Å²) in [6, 6.07) is 17.9. The summed E-state index contributed by atoms with van der Waals surface area (Å²) in [6.07, 6.45) is 5.48. The standard InChI is InChI=1S/C32H44N4O3/c1-4-19-34-28(37)25-22-32(26-15-9-8-14-24(25)26)17-20-36(21-18-32)29(38)27(35-30(39)31(2,3)33)16-10-13-23-11-6-5-7-12-23/h5-9,11-12,14-15,25,27H,4,10,13,16-22,33H2,1-3H3,(H,34,37)(H,35,39)/t25-,27-/m1/s1. The van der Waals surface area contributed by atoms with Gasteiger partial charge >= 0.3 is 0 Å². The van der Waals surface area contributed by atoms with Crippen LogP contribution >= 0.6 is 0 Å². The third kappa shape index (κ3) is 6.70. The van der Waals surface area contributed by atoms with E-state index in [4.69, 9.17) is 5.73 Å². The number of hydrogen-bond acceptors (Lipinski definition) is 4. The predicted octanol–water partition coefficient (Wildman–Crippen LogP) is 3.81. The van der Waals surface area contributed by atoms with Crippen LogP contribution in [-0.2, 0) is 26.2 Å². The molecule has 1 spiro atoms. The average Bonchev–Trinajstić information content (AvgIpc) is 3.25. The molecule has 2 atom stereocenters. The molecular formula is C32H44N4O3. The van der Waals surface area contributed by atoms with E-state index in [1.54, 1.807) is 13.8 Å². The van der Waals surface area contributed by atoms with Crippen molar-refractivity contribution in [1.29, 1.82) is 0 Å². The molecule has 4 N–H and O–H groups in total. The number of fused-ring (bicyclic) bond motifs is 2. The monoisotopic (exact) mass is 532 g/mol. The minimum atomic E-state index is -1.06. The maximum absolute atomic E-state index is 13.7. The lowest BCUT2D eigenvalue weighted by molar-refractivity contribution is -0.139. The van der Waals surface area contributed by atoms with Crippen LogP contribution in [0.1, 0.15) is 81.9 Å². The van der Waals surface area contributed by atoms with Crippen LogP contribution in [0.25, 0.3) is 0 Å². The third-order valence-corrected chi connectivity index (χ3v) is 8.39. The zero-order valence-electron chi connectivity index (χ0n) is 23.7. The molecule has 2 aromatic rings. The molecule has 2 aromatic carbocycles. The van der Waals surface area contributed by atoms with Crippen molar-refractivity contribution in [3.05, 3.63) is 71.3 Å². The first kappa shape index (κ1) is 28.8. The van der Waals surface area contributed by atoms with Gasteiger partial charge in [-0.25, -0.2) is 0 Å². The molecule has 0 unspecified atom stereocenters. The summed E-state index contributed by atoms with van der Waals surface area (Å²) in [4.78, 5) is 41.4. The highest BCUT2D eigenvalue weighted by molar-refractivity contribution is 5.91. The van der Waals surface area contributed by atoms with Crippen molar-refractivity contribution in [3.8, 4) is 0 Å². The number of hydrogen-bond donors (Lipinski definition) is 3. The smallest absolute Gasteiger partial charge is 0.245 e. The van der Waals surface area contributed by atoms with E-state index < -0.39 is 11.6 Å². The summed E-state index contributed by atoms with van der Waals surface area (Å²) in [6.45, 7) is 7.26. The lowest BCUT2D eigenvalue weighted by Gasteiger charge is -2.41. The molecule has 1 fully saturated rings. The van der Waals surface area contributed by atoms with Gasteiger partial charge in [-0.2, -0.15) is 0 Å². The van der Waals surface area contributed by atoms with Crippen LogP contribution in [0.4, 0.5) is 0 Å². The van der Waals surface area contributed by atoms with Crippen molar-refractivity contribution in [2.24, 2.45) is 5.73 Å². The Balaban J connectivity index is 1.44. The molecule has 1 aliphatic carbocycles. The number of likely N-dealkylation sites (tertiary alicyclic amines) is 1. The molecular weight excluding hydrogens is 488 g/mol. The van der Waals surface area contributed by atoms with Crippen LogP contribution in [0.5, 0.6) is 0 Å².